The van der Waals surface area contributed by atoms with Crippen molar-refractivity contribution in [1.29, 1.82) is 0 Å². The lowest BCUT2D eigenvalue weighted by Gasteiger charge is -2.03. The summed E-state index contributed by atoms with van der Waals surface area (Å²) in [6.45, 7) is 0.863. The van der Waals surface area contributed by atoms with Gasteiger partial charge >= 0.3 is 0 Å². The molecule has 3 heteroatoms. The largest absolute Gasteiger partial charge is 0.492 e. The van der Waals surface area contributed by atoms with E-state index < -0.39 is 0 Å². The minimum atomic E-state index is 0.810. The van der Waals surface area contributed by atoms with E-state index in [1.54, 1.807) is 6.20 Å². The van der Waals surface area contributed by atoms with Gasteiger partial charge in [-0.3, -0.25) is 0 Å². The van der Waals surface area contributed by atoms with Gasteiger partial charge in [-0.2, -0.15) is 0 Å². The topological polar surface area (TPSA) is 22.1 Å². The van der Waals surface area contributed by atoms with Crippen molar-refractivity contribution < 1.29 is 4.74 Å². The van der Waals surface area contributed by atoms with E-state index in [2.05, 4.69) is 27.6 Å². The van der Waals surface area contributed by atoms with Crippen molar-refractivity contribution in [3.63, 3.8) is 0 Å². The highest BCUT2D eigenvalue weighted by molar-refractivity contribution is 14.1. The van der Waals surface area contributed by atoms with Crippen LogP contribution in [0, 0.1) is 9.62 Å². The second-order valence-electron chi connectivity index (χ2n) is 3.07. The van der Waals surface area contributed by atoms with E-state index >= 15 is 0 Å². The maximum Gasteiger partial charge on any atom is 0.137 e. The highest BCUT2D eigenvalue weighted by Crippen LogP contribution is 2.29. The molecule has 0 saturated heterocycles. The molecule has 0 spiro atoms. The summed E-state index contributed by atoms with van der Waals surface area (Å²) in [6.07, 6.45) is 4.44. The van der Waals surface area contributed by atoms with Crippen LogP contribution in [0.15, 0.2) is 18.3 Å². The highest BCUT2D eigenvalue weighted by Gasteiger charge is 2.21. The lowest BCUT2D eigenvalue weighted by Crippen LogP contribution is -1.99. The highest BCUT2D eigenvalue weighted by atomic mass is 127. The van der Waals surface area contributed by atoms with Gasteiger partial charge in [-0.25, -0.2) is 4.98 Å². The normalized spacial score (nSPS) is 16.1. The van der Waals surface area contributed by atoms with E-state index in [-0.39, 0.29) is 0 Å². The number of halogens is 1. The zero-order valence-electron chi connectivity index (χ0n) is 6.66. The van der Waals surface area contributed by atoms with Crippen LogP contribution < -0.4 is 4.74 Å². The van der Waals surface area contributed by atoms with Crippen molar-refractivity contribution in [3.05, 3.63) is 22.0 Å². The molecule has 0 unspecified atom stereocenters. The SMILES string of the molecule is Ic1ccc(OCC2CC2)cn1. The fourth-order valence-corrected chi connectivity index (χ4v) is 1.27. The molecular weight excluding hydrogens is 265 g/mol. The van der Waals surface area contributed by atoms with Gasteiger partial charge in [0.05, 0.1) is 12.8 Å². The molecule has 0 aliphatic heterocycles. The number of hydrogen-bond donors (Lipinski definition) is 0. The van der Waals surface area contributed by atoms with E-state index in [0.717, 1.165) is 22.0 Å². The van der Waals surface area contributed by atoms with Crippen molar-refractivity contribution in [2.24, 2.45) is 5.92 Å². The van der Waals surface area contributed by atoms with Crippen LogP contribution >= 0.6 is 22.6 Å². The predicted octanol–water partition coefficient (Wildman–Crippen LogP) is 2.48. The molecule has 12 heavy (non-hydrogen) atoms. The van der Waals surface area contributed by atoms with E-state index in [1.807, 2.05) is 12.1 Å². The summed E-state index contributed by atoms with van der Waals surface area (Å²) < 4.78 is 6.52. The molecule has 0 amide bonds. The fourth-order valence-electron chi connectivity index (χ4n) is 0.946. The molecule has 2 rings (SSSR count). The number of pyridine rings is 1. The van der Waals surface area contributed by atoms with E-state index in [9.17, 15) is 0 Å². The third kappa shape index (κ3) is 2.33. The Morgan fingerprint density at radius 3 is 2.92 bits per heavy atom. The lowest BCUT2D eigenvalue weighted by molar-refractivity contribution is 0.298. The summed E-state index contributed by atoms with van der Waals surface area (Å²) in [4.78, 5) is 4.14. The Morgan fingerprint density at radius 1 is 1.50 bits per heavy atom. The molecule has 0 N–H and O–H groups in total. The molecule has 1 aromatic heterocycles. The van der Waals surface area contributed by atoms with Crippen LogP contribution in [-0.4, -0.2) is 11.6 Å². The van der Waals surface area contributed by atoms with Crippen LogP contribution in [0.2, 0.25) is 0 Å². The van der Waals surface area contributed by atoms with Gasteiger partial charge in [-0.1, -0.05) is 0 Å². The average Bonchev–Trinajstić information content (AvgIpc) is 2.87. The monoisotopic (exact) mass is 275 g/mol. The Hall–Kier alpha value is -0.320. The summed E-state index contributed by atoms with van der Waals surface area (Å²) in [5.74, 6) is 1.70. The molecule has 2 nitrogen and oxygen atoms in total. The summed E-state index contributed by atoms with van der Waals surface area (Å²) >= 11 is 2.18. The van der Waals surface area contributed by atoms with Crippen LogP contribution in [0.4, 0.5) is 0 Å². The summed E-state index contributed by atoms with van der Waals surface area (Å²) in [5.41, 5.74) is 0. The molecule has 0 atom stereocenters. The molecule has 0 bridgehead atoms. The molecular formula is C9H10INO. The number of aromatic nitrogens is 1. The summed E-state index contributed by atoms with van der Waals surface area (Å²) in [6, 6.07) is 3.93. The van der Waals surface area contributed by atoms with Gasteiger partial charge < -0.3 is 4.74 Å². The fraction of sp³-hybridized carbons (Fsp3) is 0.444. The molecule has 1 aliphatic rings. The average molecular weight is 275 g/mol. The van der Waals surface area contributed by atoms with Gasteiger partial charge in [0, 0.05) is 0 Å². The standard InChI is InChI=1S/C9H10INO/c10-9-4-3-8(5-11-9)12-6-7-1-2-7/h3-5,7H,1-2,6H2. The molecule has 1 heterocycles. The van der Waals surface area contributed by atoms with Crippen LogP contribution in [0.5, 0.6) is 5.75 Å². The van der Waals surface area contributed by atoms with Gasteiger partial charge in [-0.05, 0) is 53.5 Å². The second-order valence-corrected chi connectivity index (χ2v) is 4.18. The van der Waals surface area contributed by atoms with Crippen LogP contribution in [0.3, 0.4) is 0 Å². The molecule has 1 aromatic rings. The second kappa shape index (κ2) is 3.60. The first kappa shape index (κ1) is 8.29. The van der Waals surface area contributed by atoms with Crippen molar-refractivity contribution in [2.45, 2.75) is 12.8 Å². The van der Waals surface area contributed by atoms with Crippen LogP contribution in [-0.2, 0) is 0 Å². The van der Waals surface area contributed by atoms with Gasteiger partial charge in [0.2, 0.25) is 0 Å². The predicted molar refractivity (Wildman–Crippen MR) is 55.2 cm³/mol. The molecule has 1 saturated carbocycles. The summed E-state index contributed by atoms with van der Waals surface area (Å²) in [7, 11) is 0. The maximum absolute atomic E-state index is 5.52. The zero-order chi connectivity index (χ0) is 8.39. The Labute approximate surface area is 85.5 Å². The Bertz CT molecular complexity index is 256. The minimum Gasteiger partial charge on any atom is -0.492 e. The molecule has 1 aliphatic carbocycles. The van der Waals surface area contributed by atoms with Gasteiger partial charge in [0.15, 0.2) is 0 Å². The van der Waals surface area contributed by atoms with Crippen molar-refractivity contribution >= 4 is 22.6 Å². The minimum absolute atomic E-state index is 0.810. The number of nitrogens with zero attached hydrogens (tertiary/aromatic N) is 1. The van der Waals surface area contributed by atoms with Gasteiger partial charge in [-0.15, -0.1) is 0 Å². The smallest absolute Gasteiger partial charge is 0.137 e. The zero-order valence-corrected chi connectivity index (χ0v) is 8.82. The first-order valence-corrected chi connectivity index (χ1v) is 5.17. The third-order valence-corrected chi connectivity index (χ3v) is 2.52. The number of ether oxygens (including phenoxy) is 1. The molecule has 0 radical (unpaired) electrons. The maximum atomic E-state index is 5.52. The first-order valence-electron chi connectivity index (χ1n) is 4.09. The van der Waals surface area contributed by atoms with Crippen LogP contribution in [0.1, 0.15) is 12.8 Å². The third-order valence-electron chi connectivity index (χ3n) is 1.88. The first-order chi connectivity index (χ1) is 5.84. The van der Waals surface area contributed by atoms with E-state index in [1.165, 1.54) is 12.8 Å². The van der Waals surface area contributed by atoms with Crippen molar-refractivity contribution in [1.82, 2.24) is 4.98 Å². The Kier molecular flexibility index (Phi) is 2.48. The lowest BCUT2D eigenvalue weighted by atomic mass is 10.4. The number of rotatable bonds is 3. The van der Waals surface area contributed by atoms with E-state index in [0.29, 0.717) is 0 Å². The molecule has 1 fully saturated rings. The van der Waals surface area contributed by atoms with E-state index in [4.69, 9.17) is 4.74 Å². The quantitative estimate of drug-likeness (QED) is 0.624. The van der Waals surface area contributed by atoms with Gasteiger partial charge in [0.1, 0.15) is 9.45 Å². The van der Waals surface area contributed by atoms with Gasteiger partial charge in [0.25, 0.3) is 0 Å². The summed E-state index contributed by atoms with van der Waals surface area (Å²) in [5, 5.41) is 0. The molecule has 0 aromatic carbocycles. The van der Waals surface area contributed by atoms with Crippen molar-refractivity contribution in [3.8, 4) is 5.75 Å². The van der Waals surface area contributed by atoms with Crippen molar-refractivity contribution in [2.75, 3.05) is 6.61 Å². The Morgan fingerprint density at radius 2 is 2.33 bits per heavy atom. The Balaban J connectivity index is 1.89. The number of hydrogen-bond acceptors (Lipinski definition) is 2. The van der Waals surface area contributed by atoms with Crippen LogP contribution in [0.25, 0.3) is 0 Å². The molecule has 64 valence electrons.